The second-order valence-electron chi connectivity index (χ2n) is 17.7. The summed E-state index contributed by atoms with van der Waals surface area (Å²) in [6.45, 7) is 10.5. The molecule has 0 saturated carbocycles. The smallest absolute Gasteiger partial charge is 0.263 e. The summed E-state index contributed by atoms with van der Waals surface area (Å²) in [4.78, 5) is 49.8. The molecule has 2 aliphatic heterocycles. The van der Waals surface area contributed by atoms with Crippen LogP contribution in [-0.2, 0) is 12.8 Å². The summed E-state index contributed by atoms with van der Waals surface area (Å²) in [7, 11) is 0. The van der Waals surface area contributed by atoms with Crippen LogP contribution in [0.5, 0.6) is 0 Å². The third-order valence-corrected chi connectivity index (χ3v) is 15.9. The van der Waals surface area contributed by atoms with Gasteiger partial charge in [0.15, 0.2) is 0 Å². The van der Waals surface area contributed by atoms with Crippen molar-refractivity contribution in [2.75, 3.05) is 36.0 Å². The summed E-state index contributed by atoms with van der Waals surface area (Å²) in [5.74, 6) is 2.63. The van der Waals surface area contributed by atoms with Crippen LogP contribution in [0.25, 0.3) is 11.4 Å². The Hall–Kier alpha value is -4.82. The van der Waals surface area contributed by atoms with Crippen molar-refractivity contribution in [1.82, 2.24) is 29.1 Å². The summed E-state index contributed by atoms with van der Waals surface area (Å²) in [5.41, 5.74) is 20.0. The highest BCUT2D eigenvalue weighted by atomic mass is 35.5. The maximum Gasteiger partial charge on any atom is 0.263 e. The van der Waals surface area contributed by atoms with Crippen LogP contribution in [0.3, 0.4) is 0 Å². The van der Waals surface area contributed by atoms with Crippen LogP contribution in [-0.4, -0.2) is 55.2 Å². The van der Waals surface area contributed by atoms with E-state index in [2.05, 4.69) is 31.9 Å². The van der Waals surface area contributed by atoms with Crippen molar-refractivity contribution in [3.8, 4) is 11.4 Å². The Labute approximate surface area is 392 Å². The van der Waals surface area contributed by atoms with Gasteiger partial charge in [0.1, 0.15) is 23.3 Å². The lowest BCUT2D eigenvalue weighted by Gasteiger charge is -2.42. The molecule has 2 fully saturated rings. The van der Waals surface area contributed by atoms with Gasteiger partial charge in [0.2, 0.25) is 0 Å². The zero-order valence-electron chi connectivity index (χ0n) is 36.2. The average Bonchev–Trinajstić information content (AvgIpc) is 3.72. The molecule has 2 spiro atoms. The van der Waals surface area contributed by atoms with Crippen molar-refractivity contribution in [3.63, 3.8) is 0 Å². The van der Waals surface area contributed by atoms with Crippen LogP contribution < -0.4 is 32.4 Å². The molecule has 4 N–H and O–H groups in total. The number of rotatable bonds is 4. The van der Waals surface area contributed by atoms with E-state index >= 15 is 0 Å². The Balaban J connectivity index is 0.000000162. The quantitative estimate of drug-likeness (QED) is 0.175. The van der Waals surface area contributed by atoms with Crippen LogP contribution in [0.1, 0.15) is 83.1 Å². The van der Waals surface area contributed by atoms with E-state index in [-0.39, 0.29) is 34.0 Å². The predicted octanol–water partition coefficient (Wildman–Crippen LogP) is 8.79. The fourth-order valence-electron chi connectivity index (χ4n) is 10.5. The third-order valence-electron chi connectivity index (χ3n) is 14.2. The second-order valence-corrected chi connectivity index (χ2v) is 19.3. The van der Waals surface area contributed by atoms with Crippen molar-refractivity contribution in [1.29, 1.82) is 0 Å². The van der Waals surface area contributed by atoms with Gasteiger partial charge in [0, 0.05) is 62.0 Å². The summed E-state index contributed by atoms with van der Waals surface area (Å²) in [6, 6.07) is 18.6. The number of aryl methyl sites for hydroxylation is 2. The normalized spacial score (nSPS) is 19.4. The maximum atomic E-state index is 13.3. The van der Waals surface area contributed by atoms with Gasteiger partial charge in [-0.2, -0.15) is 0 Å². The number of fused-ring (bicyclic) bond motifs is 2. The van der Waals surface area contributed by atoms with Crippen molar-refractivity contribution in [3.05, 3.63) is 159 Å². The number of pyridine rings is 2. The minimum absolute atomic E-state index is 0.00196. The molecule has 64 heavy (non-hydrogen) atoms. The fraction of sp³-hybridized carbons (Fsp3) is 0.375. The van der Waals surface area contributed by atoms with Gasteiger partial charge in [-0.3, -0.25) is 28.7 Å². The number of anilines is 2. The molecule has 2 aliphatic carbocycles. The van der Waals surface area contributed by atoms with Crippen molar-refractivity contribution >= 4 is 58.0 Å². The summed E-state index contributed by atoms with van der Waals surface area (Å²) < 4.78 is 3.07. The first-order valence-corrected chi connectivity index (χ1v) is 23.1. The lowest BCUT2D eigenvalue weighted by atomic mass is 9.73. The number of hydrogen-bond donors (Lipinski definition) is 2. The topological polar surface area (TPSA) is 154 Å². The molecule has 4 aliphatic rings. The van der Waals surface area contributed by atoms with E-state index in [1.54, 1.807) is 36.4 Å². The Morgan fingerprint density at radius 2 is 0.938 bits per heavy atom. The Morgan fingerprint density at radius 3 is 1.30 bits per heavy atom. The molecule has 4 aromatic heterocycles. The lowest BCUT2D eigenvalue weighted by molar-refractivity contribution is 0.186. The Bertz CT molecular complexity index is 2720. The molecule has 0 unspecified atom stereocenters. The minimum atomic E-state index is -0.133. The fourth-order valence-corrected chi connectivity index (χ4v) is 11.3. The van der Waals surface area contributed by atoms with E-state index in [9.17, 15) is 9.59 Å². The molecule has 332 valence electrons. The van der Waals surface area contributed by atoms with Gasteiger partial charge in [-0.25, -0.2) is 9.97 Å². The van der Waals surface area contributed by atoms with Crippen LogP contribution in [0.4, 0.5) is 11.6 Å². The highest BCUT2D eigenvalue weighted by Crippen LogP contribution is 2.52. The lowest BCUT2D eigenvalue weighted by Crippen LogP contribution is -2.45. The van der Waals surface area contributed by atoms with E-state index in [0.29, 0.717) is 54.2 Å². The molecule has 2 saturated heterocycles. The number of nitrogens with zero attached hydrogens (tertiary/aromatic N) is 8. The van der Waals surface area contributed by atoms with Crippen LogP contribution >= 0.6 is 46.4 Å². The Morgan fingerprint density at radius 1 is 0.562 bits per heavy atom. The SMILES string of the molecule is Cc1c(N2CCC3(CC2)Cc2ncccc2[C@@H]3N)nc(C)n(-c2cccc(Cl)c2Cl)c1=O.Cc1c(N2CCC3(CC2)Cc2ncccc2[C@H]3N)nc(C)n(-c2cccc(Cl)c2Cl)c1=O. The molecule has 16 heteroatoms. The number of aromatic nitrogens is 6. The number of benzene rings is 2. The maximum absolute atomic E-state index is 13.3. The van der Waals surface area contributed by atoms with E-state index in [1.165, 1.54) is 20.3 Å². The summed E-state index contributed by atoms with van der Waals surface area (Å²) >= 11 is 25.1. The van der Waals surface area contributed by atoms with Gasteiger partial charge < -0.3 is 21.3 Å². The van der Waals surface area contributed by atoms with Crippen LogP contribution in [0.15, 0.2) is 82.6 Å². The number of halogens is 4. The highest BCUT2D eigenvalue weighted by Gasteiger charge is 2.48. The average molecular weight is 941 g/mol. The van der Waals surface area contributed by atoms with Crippen LogP contribution in [0, 0.1) is 38.5 Å². The second kappa shape index (κ2) is 17.2. The van der Waals surface area contributed by atoms with Gasteiger partial charge in [-0.05, 0) is 125 Å². The van der Waals surface area contributed by atoms with Crippen molar-refractivity contribution in [2.24, 2.45) is 22.3 Å². The monoisotopic (exact) mass is 938 g/mol. The van der Waals surface area contributed by atoms with E-state index < -0.39 is 0 Å². The van der Waals surface area contributed by atoms with Gasteiger partial charge in [-0.15, -0.1) is 0 Å². The third kappa shape index (κ3) is 7.49. The molecule has 0 bridgehead atoms. The predicted molar refractivity (Wildman–Crippen MR) is 256 cm³/mol. The van der Waals surface area contributed by atoms with Gasteiger partial charge in [-0.1, -0.05) is 70.7 Å². The molecule has 0 radical (unpaired) electrons. The largest absolute Gasteiger partial charge is 0.356 e. The van der Waals surface area contributed by atoms with Crippen molar-refractivity contribution < 1.29 is 0 Å². The zero-order valence-corrected chi connectivity index (χ0v) is 39.2. The molecule has 12 nitrogen and oxygen atoms in total. The Kier molecular flexibility index (Phi) is 11.9. The molecule has 6 heterocycles. The van der Waals surface area contributed by atoms with E-state index in [1.807, 2.05) is 52.2 Å². The van der Waals surface area contributed by atoms with Crippen LogP contribution in [0.2, 0.25) is 20.1 Å². The first kappa shape index (κ1) is 44.4. The summed E-state index contributed by atoms with van der Waals surface area (Å²) in [6.07, 6.45) is 9.27. The molecule has 10 rings (SSSR count). The standard InChI is InChI=1S/2C24H25Cl2N5O/c2*1-14-22(29-15(2)31(23(14)32)19-7-3-6-17(25)20(19)26)30-11-8-24(9-12-30)13-18-16(21(24)27)5-4-10-28-18/h2*3-7,10,21H,8-9,11-13,27H2,1-2H3/t2*21-/m10/s1. The number of nitrogens with two attached hydrogens (primary N) is 2. The van der Waals surface area contributed by atoms with Gasteiger partial charge >= 0.3 is 0 Å². The molecule has 0 amide bonds. The molecule has 2 atom stereocenters. The van der Waals surface area contributed by atoms with Gasteiger partial charge in [0.05, 0.1) is 42.6 Å². The first-order valence-electron chi connectivity index (χ1n) is 21.6. The highest BCUT2D eigenvalue weighted by molar-refractivity contribution is 6.43. The van der Waals surface area contributed by atoms with Crippen molar-refractivity contribution in [2.45, 2.75) is 78.3 Å². The molecular weight excluding hydrogens is 890 g/mol. The van der Waals surface area contributed by atoms with E-state index in [4.69, 9.17) is 67.8 Å². The minimum Gasteiger partial charge on any atom is -0.356 e. The molecule has 6 aromatic rings. The molecular formula is C48H50Cl4N10O2. The first-order chi connectivity index (χ1) is 30.6. The summed E-state index contributed by atoms with van der Waals surface area (Å²) in [5, 5.41) is 1.50. The van der Waals surface area contributed by atoms with E-state index in [0.717, 1.165) is 87.7 Å². The van der Waals surface area contributed by atoms with Gasteiger partial charge in [0.25, 0.3) is 11.1 Å². The number of hydrogen-bond acceptors (Lipinski definition) is 10. The number of piperidine rings is 2. The zero-order chi connectivity index (χ0) is 45.2. The molecule has 2 aromatic carbocycles.